The van der Waals surface area contributed by atoms with Crippen molar-refractivity contribution in [2.75, 3.05) is 19.8 Å². The molecule has 9 nitrogen and oxygen atoms in total. The number of aliphatic hydroxyl groups excluding tert-OH is 1. The Morgan fingerprint density at radius 2 is 1.02 bits per heavy atom. The molecule has 296 valence electrons. The van der Waals surface area contributed by atoms with E-state index in [4.69, 9.17) is 24.4 Å². The van der Waals surface area contributed by atoms with Crippen molar-refractivity contribution in [2.24, 2.45) is 5.92 Å². The van der Waals surface area contributed by atoms with Crippen molar-refractivity contribution >= 4 is 19.8 Å². The molecule has 51 heavy (non-hydrogen) atoms. The van der Waals surface area contributed by atoms with E-state index in [0.717, 1.165) is 70.1 Å². The third-order valence-corrected chi connectivity index (χ3v) is 8.82. The first-order valence-electron chi connectivity index (χ1n) is 19.9. The van der Waals surface area contributed by atoms with Gasteiger partial charge in [-0.25, -0.2) is 4.57 Å². The molecule has 3 N–H and O–H groups in total. The van der Waals surface area contributed by atoms with Gasteiger partial charge in [0.1, 0.15) is 6.61 Å². The Morgan fingerprint density at radius 3 is 1.53 bits per heavy atom. The van der Waals surface area contributed by atoms with Crippen molar-refractivity contribution in [2.45, 2.75) is 174 Å². The van der Waals surface area contributed by atoms with Crippen LogP contribution < -0.4 is 0 Å². The largest absolute Gasteiger partial charge is 0.469 e. The molecule has 10 heteroatoms. The van der Waals surface area contributed by atoms with Crippen LogP contribution in [-0.4, -0.2) is 52.8 Å². The average molecular weight is 741 g/mol. The summed E-state index contributed by atoms with van der Waals surface area (Å²) in [6.07, 6.45) is 40.0. The summed E-state index contributed by atoms with van der Waals surface area (Å²) in [6, 6.07) is 0. The van der Waals surface area contributed by atoms with Crippen molar-refractivity contribution in [1.82, 2.24) is 0 Å². The number of aliphatic hydroxyl groups is 1. The zero-order valence-electron chi connectivity index (χ0n) is 32.1. The predicted molar refractivity (Wildman–Crippen MR) is 208 cm³/mol. The number of unbranched alkanes of at least 4 members (excludes halogenated alkanes) is 15. The van der Waals surface area contributed by atoms with Gasteiger partial charge in [0.15, 0.2) is 6.10 Å². The highest BCUT2D eigenvalue weighted by molar-refractivity contribution is 7.46. The van der Waals surface area contributed by atoms with E-state index in [1.165, 1.54) is 57.8 Å². The van der Waals surface area contributed by atoms with E-state index in [1.807, 2.05) is 6.08 Å². The first-order chi connectivity index (χ1) is 24.6. The van der Waals surface area contributed by atoms with Crippen molar-refractivity contribution < 1.29 is 43.0 Å². The lowest BCUT2D eigenvalue weighted by Crippen LogP contribution is -2.29. The number of ether oxygens (including phenoxy) is 2. The van der Waals surface area contributed by atoms with Crippen LogP contribution >= 0.6 is 7.82 Å². The number of hydrogen-bond donors (Lipinski definition) is 3. The Morgan fingerprint density at radius 1 is 0.569 bits per heavy atom. The minimum Gasteiger partial charge on any atom is -0.462 e. The minimum absolute atomic E-state index is 0.181. The highest BCUT2D eigenvalue weighted by Gasteiger charge is 2.22. The van der Waals surface area contributed by atoms with Crippen LogP contribution in [0.25, 0.3) is 0 Å². The second-order valence-electron chi connectivity index (χ2n) is 13.8. The van der Waals surface area contributed by atoms with Crippen LogP contribution in [0.4, 0.5) is 0 Å². The van der Waals surface area contributed by atoms with E-state index in [1.54, 1.807) is 0 Å². The lowest BCUT2D eigenvalue weighted by Gasteiger charge is -2.18. The zero-order chi connectivity index (χ0) is 37.7. The fourth-order valence-corrected chi connectivity index (χ4v) is 5.71. The molecule has 1 atom stereocenters. The summed E-state index contributed by atoms with van der Waals surface area (Å²) in [4.78, 5) is 42.7. The summed E-state index contributed by atoms with van der Waals surface area (Å²) in [7, 11) is -4.77. The lowest BCUT2D eigenvalue weighted by atomic mass is 10.0. The second-order valence-corrected chi connectivity index (χ2v) is 15.1. The van der Waals surface area contributed by atoms with Crippen molar-refractivity contribution in [3.8, 4) is 0 Å². The maximum absolute atomic E-state index is 12.4. The molecule has 0 heterocycles. The normalized spacial score (nSPS) is 13.1. The van der Waals surface area contributed by atoms with Gasteiger partial charge in [-0.1, -0.05) is 146 Å². The Kier molecular flexibility index (Phi) is 34.9. The van der Waals surface area contributed by atoms with Gasteiger partial charge in [0.25, 0.3) is 0 Å². The summed E-state index contributed by atoms with van der Waals surface area (Å²) in [5, 5.41) is 8.77. The summed E-state index contributed by atoms with van der Waals surface area (Å²) in [5.41, 5.74) is 0. The topological polar surface area (TPSA) is 140 Å². The number of esters is 2. The monoisotopic (exact) mass is 740 g/mol. The number of rotatable bonds is 36. The molecule has 0 aliphatic carbocycles. The highest BCUT2D eigenvalue weighted by atomic mass is 31.2. The Balaban J connectivity index is 4.03. The quantitative estimate of drug-likeness (QED) is 0.0248. The molecule has 0 fully saturated rings. The van der Waals surface area contributed by atoms with Crippen molar-refractivity contribution in [1.29, 1.82) is 0 Å². The van der Waals surface area contributed by atoms with Crippen LogP contribution in [0.15, 0.2) is 48.6 Å². The van der Waals surface area contributed by atoms with Crippen LogP contribution in [0, 0.1) is 5.92 Å². The third-order valence-electron chi connectivity index (χ3n) is 8.33. The van der Waals surface area contributed by atoms with E-state index in [2.05, 4.69) is 60.9 Å². The van der Waals surface area contributed by atoms with Gasteiger partial charge in [-0.15, -0.1) is 0 Å². The molecule has 0 spiro atoms. The number of phosphoric acid groups is 1. The van der Waals surface area contributed by atoms with E-state index >= 15 is 0 Å². The molecule has 0 aliphatic heterocycles. The van der Waals surface area contributed by atoms with Gasteiger partial charge < -0.3 is 24.4 Å². The average Bonchev–Trinajstić information content (AvgIpc) is 3.08. The van der Waals surface area contributed by atoms with E-state index in [-0.39, 0.29) is 26.1 Å². The van der Waals surface area contributed by atoms with Crippen molar-refractivity contribution in [3.63, 3.8) is 0 Å². The molecule has 0 saturated heterocycles. The second kappa shape index (κ2) is 36.3. The molecule has 0 radical (unpaired) electrons. The molecule has 0 saturated carbocycles. The number of carbonyl (C=O) groups excluding carboxylic acids is 2. The molecular formula is C41H73O9P. The molecule has 0 bridgehead atoms. The number of hydrogen-bond acceptors (Lipinski definition) is 7. The van der Waals surface area contributed by atoms with Crippen LogP contribution in [-0.2, 0) is 28.2 Å². The Bertz CT molecular complexity index is 984. The van der Waals surface area contributed by atoms with Gasteiger partial charge in [0, 0.05) is 19.4 Å². The fraction of sp³-hybridized carbons (Fsp3) is 0.756. The molecular weight excluding hydrogens is 667 g/mol. The molecule has 0 amide bonds. The third kappa shape index (κ3) is 40.6. The van der Waals surface area contributed by atoms with E-state index < -0.39 is 32.5 Å². The zero-order valence-corrected chi connectivity index (χ0v) is 33.0. The van der Waals surface area contributed by atoms with Crippen LogP contribution in [0.3, 0.4) is 0 Å². The molecule has 0 rings (SSSR count). The summed E-state index contributed by atoms with van der Waals surface area (Å²) in [5.74, 6) is -0.154. The van der Waals surface area contributed by atoms with Crippen LogP contribution in [0.2, 0.25) is 0 Å². The number of allylic oxidation sites excluding steroid dienone is 8. The molecule has 0 unspecified atom stereocenters. The Hall–Kier alpha value is -2.03. The summed E-state index contributed by atoms with van der Waals surface area (Å²) >= 11 is 0. The smallest absolute Gasteiger partial charge is 0.462 e. The van der Waals surface area contributed by atoms with Gasteiger partial charge in [-0.3, -0.25) is 14.1 Å². The Labute approximate surface area is 310 Å². The van der Waals surface area contributed by atoms with Crippen LogP contribution in [0.5, 0.6) is 0 Å². The maximum atomic E-state index is 12.4. The summed E-state index contributed by atoms with van der Waals surface area (Å²) < 4.78 is 26.3. The van der Waals surface area contributed by atoms with Gasteiger partial charge >= 0.3 is 19.8 Å². The van der Waals surface area contributed by atoms with Gasteiger partial charge in [-0.05, 0) is 63.7 Å². The standard InChI is InChI=1S/C41H73O9P/c1-38(2)32-28-24-20-16-12-9-10-14-18-22-26-30-34-41(44)50-39(37-49-51(45,46)47)36-48-40(43)33-29-25-21-17-13-8-6-4-3-5-7-11-15-19-23-27-31-35-42/h3,5-6,8,11,15,17,21,38-39,42H,4,7,9-10,12-14,16,18-20,22-37H2,1-2H3,(H2,45,46,47)/b5-3-,8-6-,15-11-,21-17-/t39-/m1/s1. The molecule has 0 aromatic rings. The van der Waals surface area contributed by atoms with E-state index in [9.17, 15) is 14.2 Å². The number of phosphoric ester groups is 1. The van der Waals surface area contributed by atoms with Gasteiger partial charge in [-0.2, -0.15) is 0 Å². The van der Waals surface area contributed by atoms with Gasteiger partial charge in [0.05, 0.1) is 6.61 Å². The summed E-state index contributed by atoms with van der Waals surface area (Å²) in [6.45, 7) is 3.97. The van der Waals surface area contributed by atoms with Gasteiger partial charge in [0.2, 0.25) is 0 Å². The number of carbonyl (C=O) groups is 2. The lowest BCUT2D eigenvalue weighted by molar-refractivity contribution is -0.161. The highest BCUT2D eigenvalue weighted by Crippen LogP contribution is 2.36. The molecule has 0 aliphatic rings. The fourth-order valence-electron chi connectivity index (χ4n) is 5.35. The minimum atomic E-state index is -4.77. The SMILES string of the molecule is CC(C)CCCCCCCCCCCCCCC(=O)O[C@H](COC(=O)CCC/C=C\C/C=C\C/C=C\C/C=C\CCCCCO)COP(=O)(O)O. The first-order valence-corrected chi connectivity index (χ1v) is 21.4. The molecule has 0 aromatic heterocycles. The first kappa shape index (κ1) is 49.0. The molecule has 0 aromatic carbocycles. The van der Waals surface area contributed by atoms with Crippen molar-refractivity contribution in [3.05, 3.63) is 48.6 Å². The maximum Gasteiger partial charge on any atom is 0.469 e. The van der Waals surface area contributed by atoms with Crippen LogP contribution in [0.1, 0.15) is 168 Å². The predicted octanol–water partition coefficient (Wildman–Crippen LogP) is 10.8. The van der Waals surface area contributed by atoms with E-state index in [0.29, 0.717) is 19.3 Å².